The molecule has 0 saturated carbocycles. The maximum atomic E-state index is 17.1. The first-order valence-electron chi connectivity index (χ1n) is 26.0. The lowest BCUT2D eigenvalue weighted by molar-refractivity contribution is -0.179. The topological polar surface area (TPSA) is 156 Å². The van der Waals surface area contributed by atoms with E-state index in [9.17, 15) is 5.11 Å². The molecule has 0 aromatic heterocycles. The molecule has 0 bridgehead atoms. The minimum atomic E-state index is -2.04. The fraction of sp³-hybridized carbons (Fsp3) is 0.250. The molecule has 4 aliphatic rings. The molecule has 14 heteroatoms. The number of aliphatic hydroxyl groups excluding tert-OH is 1. The number of carbonyl (C=O) groups excluding carboxylic acids is 4. The highest BCUT2D eigenvalue weighted by atomic mass is 16.6. The van der Waals surface area contributed by atoms with Crippen LogP contribution in [0.5, 0.6) is 23.0 Å². The smallest absolute Gasteiger partial charge is 0.329 e. The molecule has 1 spiro atoms. The normalized spacial score (nSPS) is 21.5. The van der Waals surface area contributed by atoms with Crippen LogP contribution >= 0.6 is 0 Å². The second-order valence-electron chi connectivity index (χ2n) is 19.8. The summed E-state index contributed by atoms with van der Waals surface area (Å²) in [6.07, 6.45) is -0.491. The summed E-state index contributed by atoms with van der Waals surface area (Å²) in [5.74, 6) is 5.37. The first kappa shape index (κ1) is 51.2. The number of ether oxygens (including phenoxy) is 5. The van der Waals surface area contributed by atoms with E-state index < -0.39 is 65.4 Å². The van der Waals surface area contributed by atoms with Crippen LogP contribution in [-0.4, -0.2) is 85.9 Å². The molecule has 2 N–H and O–H groups in total. The predicted octanol–water partition coefficient (Wildman–Crippen LogP) is 9.20. The van der Waals surface area contributed by atoms with Crippen molar-refractivity contribution >= 4 is 29.5 Å². The first-order chi connectivity index (χ1) is 38.1. The number of hydrogen-bond donors (Lipinski definition) is 2. The van der Waals surface area contributed by atoms with Gasteiger partial charge in [-0.25, -0.2) is 9.69 Å². The molecule has 4 heterocycles. The van der Waals surface area contributed by atoms with Crippen LogP contribution in [0.25, 0.3) is 0 Å². The predicted molar refractivity (Wildman–Crippen MR) is 292 cm³/mol. The number of esters is 1. The summed E-state index contributed by atoms with van der Waals surface area (Å²) >= 11 is 0. The second-order valence-corrected chi connectivity index (χ2v) is 19.8. The summed E-state index contributed by atoms with van der Waals surface area (Å²) < 4.78 is 29.5. The molecular weight excluding hydrogens is 985 g/mol. The molecule has 0 unspecified atom stereocenters. The molecule has 0 aliphatic carbocycles. The largest absolute Gasteiger partial charge is 0.497 e. The second kappa shape index (κ2) is 21.6. The summed E-state index contributed by atoms with van der Waals surface area (Å²) in [6.45, 7) is 2.02. The van der Waals surface area contributed by atoms with Crippen LogP contribution in [-0.2, 0) is 37.5 Å². The number of benzene rings is 7. The maximum absolute atomic E-state index is 17.1. The molecule has 11 rings (SSSR count). The van der Waals surface area contributed by atoms with Crippen LogP contribution in [0.3, 0.4) is 0 Å². The molecule has 2 fully saturated rings. The Bertz CT molecular complexity index is 3440. The standard InChI is InChI=1S/C64H58N4O10/c1-40(43-14-8-5-9-15-43)65-63(73)67-52-31-24-42(21-20-41-22-27-49(74-2)28-23-41)36-51(52)64(62(67)72)55(60(70)66-33-32-47-37-53(75-3)54(76-4)38-48(47)39-66)57-61(71)78-58(45-18-12-7-13-19-45)56(44-16-10-6-11-17-44)68(57)59(64)46-25-29-50(30-26-46)77-35-34-69/h5-19,22-31,36-38,40,55-59,69H,32-35,39H2,1-4H3,(H,65,73)/t40-,55-,56-,57-,58+,59+,64-/m1/s1. The minimum absolute atomic E-state index is 0.0352. The van der Waals surface area contributed by atoms with E-state index in [1.165, 1.54) is 0 Å². The van der Waals surface area contributed by atoms with Crippen molar-refractivity contribution in [2.24, 2.45) is 5.92 Å². The zero-order valence-electron chi connectivity index (χ0n) is 43.6. The van der Waals surface area contributed by atoms with E-state index in [1.807, 2.05) is 157 Å². The number of fused-ring (bicyclic) bond motifs is 4. The highest BCUT2D eigenvalue weighted by Gasteiger charge is 2.76. The number of morpholine rings is 1. The van der Waals surface area contributed by atoms with E-state index in [-0.39, 0.29) is 32.0 Å². The number of nitrogens with zero attached hydrogens (tertiary/aromatic N) is 3. The highest BCUT2D eigenvalue weighted by Crippen LogP contribution is 2.66. The molecular formula is C64H58N4O10. The molecule has 7 aromatic rings. The highest BCUT2D eigenvalue weighted by molar-refractivity contribution is 6.24. The number of methoxy groups -OCH3 is 3. The Morgan fingerprint density at radius 1 is 0.705 bits per heavy atom. The van der Waals surface area contributed by atoms with Crippen molar-refractivity contribution in [2.75, 3.05) is 46.0 Å². The van der Waals surface area contributed by atoms with Crippen LogP contribution < -0.4 is 29.2 Å². The van der Waals surface area contributed by atoms with E-state index in [4.69, 9.17) is 23.7 Å². The van der Waals surface area contributed by atoms with Gasteiger partial charge in [-0.3, -0.25) is 19.3 Å². The average molecular weight is 1040 g/mol. The van der Waals surface area contributed by atoms with Crippen LogP contribution in [0.15, 0.2) is 170 Å². The van der Waals surface area contributed by atoms with Crippen molar-refractivity contribution in [3.8, 4) is 34.8 Å². The third-order valence-electron chi connectivity index (χ3n) is 15.6. The molecule has 14 nitrogen and oxygen atoms in total. The van der Waals surface area contributed by atoms with Gasteiger partial charge in [-0.15, -0.1) is 0 Å². The summed E-state index contributed by atoms with van der Waals surface area (Å²) in [6, 6.07) is 47.5. The quantitative estimate of drug-likeness (QED) is 0.0889. The Kier molecular flexibility index (Phi) is 14.2. The number of urea groups is 1. The lowest BCUT2D eigenvalue weighted by atomic mass is 9.64. The van der Waals surface area contributed by atoms with E-state index >= 15 is 19.2 Å². The molecule has 7 atom stereocenters. The number of imide groups is 1. The molecule has 7 aromatic carbocycles. The SMILES string of the molecule is COc1ccc(C#Cc2ccc3c(c2)[C@]2(C(=O)N3C(=O)N[C@H](C)c3ccccc3)[C@H](c3ccc(OCCO)cc3)N3[C@H](c4ccccc4)[C@H](c4ccccc4)OC(=O)[C@H]3[C@@H]2C(=O)N2CCc3cc(OC)c(OC)cc3C2)cc1. The van der Waals surface area contributed by atoms with Gasteiger partial charge < -0.3 is 39.0 Å². The number of amides is 4. The Morgan fingerprint density at radius 3 is 1.97 bits per heavy atom. The van der Waals surface area contributed by atoms with Crippen molar-refractivity contribution in [3.05, 3.63) is 220 Å². The molecule has 394 valence electrons. The summed E-state index contributed by atoms with van der Waals surface area (Å²) in [5.41, 5.74) is 4.36. The van der Waals surface area contributed by atoms with Gasteiger partial charge in [0.25, 0.3) is 0 Å². The van der Waals surface area contributed by atoms with Gasteiger partial charge in [0.15, 0.2) is 11.5 Å². The number of anilines is 1. The lowest BCUT2D eigenvalue weighted by Crippen LogP contribution is -2.57. The summed E-state index contributed by atoms with van der Waals surface area (Å²) in [5, 5.41) is 12.9. The molecule has 78 heavy (non-hydrogen) atoms. The number of cyclic esters (lactones) is 1. The Balaban J connectivity index is 1.19. The van der Waals surface area contributed by atoms with Gasteiger partial charge in [0.2, 0.25) is 11.8 Å². The van der Waals surface area contributed by atoms with Crippen LogP contribution in [0, 0.1) is 17.8 Å². The van der Waals surface area contributed by atoms with Gasteiger partial charge in [0.05, 0.1) is 57.7 Å². The van der Waals surface area contributed by atoms with Gasteiger partial charge in [-0.2, -0.15) is 0 Å². The zero-order chi connectivity index (χ0) is 54.1. The average Bonchev–Trinajstić information content (AvgIpc) is 3.65. The van der Waals surface area contributed by atoms with Gasteiger partial charge in [-0.05, 0) is 119 Å². The van der Waals surface area contributed by atoms with E-state index in [0.717, 1.165) is 27.2 Å². The summed E-state index contributed by atoms with van der Waals surface area (Å²) in [4.78, 5) is 69.9. The van der Waals surface area contributed by atoms with E-state index in [0.29, 0.717) is 57.2 Å². The van der Waals surface area contributed by atoms with Crippen molar-refractivity contribution in [1.82, 2.24) is 15.1 Å². The third kappa shape index (κ3) is 9.04. The lowest BCUT2D eigenvalue weighted by Gasteiger charge is -2.46. The monoisotopic (exact) mass is 1040 g/mol. The van der Waals surface area contributed by atoms with Gasteiger partial charge in [-0.1, -0.05) is 115 Å². The maximum Gasteiger partial charge on any atom is 0.329 e. The fourth-order valence-electron chi connectivity index (χ4n) is 12.0. The first-order valence-corrected chi connectivity index (χ1v) is 26.0. The molecule has 4 amide bonds. The third-order valence-corrected chi connectivity index (χ3v) is 15.6. The van der Waals surface area contributed by atoms with Gasteiger partial charge in [0, 0.05) is 24.2 Å². The van der Waals surface area contributed by atoms with E-state index in [1.54, 1.807) is 50.5 Å². The van der Waals surface area contributed by atoms with Crippen LogP contribution in [0.4, 0.5) is 10.5 Å². The van der Waals surface area contributed by atoms with Crippen molar-refractivity contribution < 1.29 is 48.0 Å². The van der Waals surface area contributed by atoms with Crippen molar-refractivity contribution in [1.29, 1.82) is 0 Å². The molecule has 4 aliphatic heterocycles. The number of aliphatic hydroxyl groups is 1. The van der Waals surface area contributed by atoms with Crippen LogP contribution in [0.1, 0.15) is 81.2 Å². The van der Waals surface area contributed by atoms with Gasteiger partial charge in [0.1, 0.15) is 35.7 Å². The Labute approximate surface area is 453 Å². The van der Waals surface area contributed by atoms with Crippen molar-refractivity contribution in [3.63, 3.8) is 0 Å². The van der Waals surface area contributed by atoms with Gasteiger partial charge >= 0.3 is 12.0 Å². The van der Waals surface area contributed by atoms with Crippen molar-refractivity contribution in [2.45, 2.75) is 55.6 Å². The number of nitrogens with one attached hydrogen (secondary N) is 1. The van der Waals surface area contributed by atoms with E-state index in [2.05, 4.69) is 17.2 Å². The Hall–Kier alpha value is -8.90. The summed E-state index contributed by atoms with van der Waals surface area (Å²) in [7, 11) is 4.73. The minimum Gasteiger partial charge on any atom is -0.497 e. The van der Waals surface area contributed by atoms with Crippen LogP contribution in [0.2, 0.25) is 0 Å². The Morgan fingerprint density at radius 2 is 1.32 bits per heavy atom. The number of carbonyl (C=O) groups is 4. The molecule has 0 radical (unpaired) electrons. The molecule has 2 saturated heterocycles. The number of hydrogen-bond acceptors (Lipinski definition) is 11. The fourth-order valence-corrected chi connectivity index (χ4v) is 12.0. The zero-order valence-corrected chi connectivity index (χ0v) is 43.6. The number of rotatable bonds is 12.